The van der Waals surface area contributed by atoms with Crippen molar-refractivity contribution in [3.8, 4) is 0 Å². The first-order valence-corrected chi connectivity index (χ1v) is 9.56. The van der Waals surface area contributed by atoms with Crippen LogP contribution in [-0.4, -0.2) is 33.5 Å². The summed E-state index contributed by atoms with van der Waals surface area (Å²) in [7, 11) is 1.58. The first-order chi connectivity index (χ1) is 13.4. The number of hydrogen-bond donors (Lipinski definition) is 1. The van der Waals surface area contributed by atoms with Gasteiger partial charge in [0.1, 0.15) is 6.04 Å². The van der Waals surface area contributed by atoms with Crippen LogP contribution in [0.4, 0.5) is 0 Å². The molecular weight excluding hydrogens is 420 g/mol. The highest BCUT2D eigenvalue weighted by Crippen LogP contribution is 2.25. The third-order valence-electron chi connectivity index (χ3n) is 4.65. The predicted octanol–water partition coefficient (Wildman–Crippen LogP) is 3.30. The molecule has 2 N–H and O–H groups in total. The maximum atomic E-state index is 13.1. The number of nitrogens with two attached hydrogens (primary N) is 1. The maximum absolute atomic E-state index is 13.1. The number of nitrogens with zero attached hydrogens (tertiary/aromatic N) is 3. The topological polar surface area (TPSA) is 81.2 Å². The molecule has 1 atom stereocenters. The Balaban J connectivity index is 1.87. The standard InChI is InChI=1S/C21H21BrN4O2/c1-14-18(12-24-26(14)13-15-7-4-3-5-8-15)21(28)25(2)19(20(23)27)16-9-6-10-17(22)11-16/h3-12,19H,13H2,1-2H3,(H2,23,27)/t19-/m1/s1. The van der Waals surface area contributed by atoms with Crippen LogP contribution in [-0.2, 0) is 11.3 Å². The van der Waals surface area contributed by atoms with E-state index in [-0.39, 0.29) is 5.91 Å². The van der Waals surface area contributed by atoms with Crippen LogP contribution in [0.2, 0.25) is 0 Å². The second kappa shape index (κ2) is 8.39. The van der Waals surface area contributed by atoms with Gasteiger partial charge >= 0.3 is 0 Å². The Bertz CT molecular complexity index is 1000. The summed E-state index contributed by atoms with van der Waals surface area (Å²) in [6, 6.07) is 16.2. The Hall–Kier alpha value is -2.93. The van der Waals surface area contributed by atoms with E-state index in [0.29, 0.717) is 17.7 Å². The van der Waals surface area contributed by atoms with Crippen molar-refractivity contribution >= 4 is 27.7 Å². The summed E-state index contributed by atoms with van der Waals surface area (Å²) in [5.41, 5.74) is 8.52. The van der Waals surface area contributed by atoms with Gasteiger partial charge in [0.2, 0.25) is 5.91 Å². The molecule has 0 aliphatic rings. The summed E-state index contributed by atoms with van der Waals surface area (Å²) in [5.74, 6) is -0.899. The molecule has 0 saturated heterocycles. The Morgan fingerprint density at radius 3 is 2.54 bits per heavy atom. The van der Waals surface area contributed by atoms with Crippen molar-refractivity contribution in [1.29, 1.82) is 0 Å². The van der Waals surface area contributed by atoms with Crippen molar-refractivity contribution in [3.05, 3.63) is 87.7 Å². The lowest BCUT2D eigenvalue weighted by Gasteiger charge is -2.26. The fourth-order valence-electron chi connectivity index (χ4n) is 3.13. The van der Waals surface area contributed by atoms with E-state index in [1.165, 1.54) is 11.1 Å². The molecule has 0 radical (unpaired) electrons. The van der Waals surface area contributed by atoms with Crippen LogP contribution in [0, 0.1) is 6.92 Å². The molecule has 0 aliphatic carbocycles. The van der Waals surface area contributed by atoms with Crippen molar-refractivity contribution in [2.75, 3.05) is 7.05 Å². The van der Waals surface area contributed by atoms with E-state index in [0.717, 1.165) is 15.7 Å². The van der Waals surface area contributed by atoms with Crippen LogP contribution in [0.15, 0.2) is 65.3 Å². The van der Waals surface area contributed by atoms with Crippen LogP contribution in [0.1, 0.15) is 33.2 Å². The molecule has 28 heavy (non-hydrogen) atoms. The van der Waals surface area contributed by atoms with Gasteiger partial charge in [-0.05, 0) is 30.2 Å². The van der Waals surface area contributed by atoms with Gasteiger partial charge in [-0.3, -0.25) is 14.3 Å². The molecule has 1 heterocycles. The highest BCUT2D eigenvalue weighted by Gasteiger charge is 2.29. The van der Waals surface area contributed by atoms with Crippen molar-refractivity contribution in [3.63, 3.8) is 0 Å². The van der Waals surface area contributed by atoms with Crippen LogP contribution in [0.25, 0.3) is 0 Å². The van der Waals surface area contributed by atoms with Gasteiger partial charge in [-0.1, -0.05) is 58.4 Å². The zero-order chi connectivity index (χ0) is 20.3. The molecule has 2 amide bonds. The average Bonchev–Trinajstić information content (AvgIpc) is 3.02. The predicted molar refractivity (Wildman–Crippen MR) is 111 cm³/mol. The van der Waals surface area contributed by atoms with Gasteiger partial charge in [-0.25, -0.2) is 0 Å². The summed E-state index contributed by atoms with van der Waals surface area (Å²) < 4.78 is 2.58. The number of carbonyl (C=O) groups excluding carboxylic acids is 2. The van der Waals surface area contributed by atoms with Gasteiger partial charge in [-0.15, -0.1) is 0 Å². The molecule has 7 heteroatoms. The lowest BCUT2D eigenvalue weighted by atomic mass is 10.0. The minimum atomic E-state index is -0.873. The van der Waals surface area contributed by atoms with Crippen LogP contribution in [0.3, 0.4) is 0 Å². The number of primary amides is 1. The largest absolute Gasteiger partial charge is 0.368 e. The minimum Gasteiger partial charge on any atom is -0.368 e. The molecule has 1 aromatic heterocycles. The lowest BCUT2D eigenvalue weighted by molar-refractivity contribution is -0.122. The molecule has 2 aromatic carbocycles. The van der Waals surface area contributed by atoms with E-state index >= 15 is 0 Å². The smallest absolute Gasteiger partial charge is 0.258 e. The average molecular weight is 441 g/mol. The van der Waals surface area contributed by atoms with E-state index in [1.807, 2.05) is 43.3 Å². The molecular formula is C21H21BrN4O2. The zero-order valence-corrected chi connectivity index (χ0v) is 17.3. The highest BCUT2D eigenvalue weighted by molar-refractivity contribution is 9.10. The maximum Gasteiger partial charge on any atom is 0.258 e. The summed E-state index contributed by atoms with van der Waals surface area (Å²) in [5, 5.41) is 4.35. The summed E-state index contributed by atoms with van der Waals surface area (Å²) in [6.45, 7) is 2.41. The van der Waals surface area contributed by atoms with Crippen molar-refractivity contribution in [2.45, 2.75) is 19.5 Å². The van der Waals surface area contributed by atoms with Gasteiger partial charge in [0.05, 0.1) is 18.3 Å². The molecule has 0 fully saturated rings. The quantitative estimate of drug-likeness (QED) is 0.638. The fraction of sp³-hybridized carbons (Fsp3) is 0.190. The molecule has 3 rings (SSSR count). The third kappa shape index (κ3) is 4.14. The molecule has 3 aromatic rings. The van der Waals surface area contributed by atoms with Crippen molar-refractivity contribution in [2.24, 2.45) is 5.73 Å². The number of halogens is 1. The summed E-state index contributed by atoms with van der Waals surface area (Å²) in [6.07, 6.45) is 1.54. The van der Waals surface area contributed by atoms with E-state index in [9.17, 15) is 9.59 Å². The van der Waals surface area contributed by atoms with Gasteiger partial charge in [0.25, 0.3) is 5.91 Å². The van der Waals surface area contributed by atoms with E-state index in [4.69, 9.17) is 5.73 Å². The number of rotatable bonds is 6. The number of likely N-dealkylation sites (N-methyl/N-ethyl adjacent to an activating group) is 1. The Morgan fingerprint density at radius 1 is 1.18 bits per heavy atom. The Kier molecular flexibility index (Phi) is 5.94. The fourth-order valence-corrected chi connectivity index (χ4v) is 3.55. The van der Waals surface area contributed by atoms with Gasteiger partial charge < -0.3 is 10.6 Å². The zero-order valence-electron chi connectivity index (χ0n) is 15.7. The van der Waals surface area contributed by atoms with E-state index in [1.54, 1.807) is 29.9 Å². The normalized spacial score (nSPS) is 11.8. The molecule has 0 unspecified atom stereocenters. The number of hydrogen-bond acceptors (Lipinski definition) is 3. The Morgan fingerprint density at radius 2 is 1.89 bits per heavy atom. The SMILES string of the molecule is Cc1c(C(=O)N(C)[C@@H](C(N)=O)c2cccc(Br)c2)cnn1Cc1ccccc1. The van der Waals surface area contributed by atoms with Crippen molar-refractivity contribution in [1.82, 2.24) is 14.7 Å². The molecule has 0 saturated carbocycles. The van der Waals surface area contributed by atoms with Crippen LogP contribution < -0.4 is 5.73 Å². The molecule has 6 nitrogen and oxygen atoms in total. The lowest BCUT2D eigenvalue weighted by Crippen LogP contribution is -2.39. The van der Waals surface area contributed by atoms with Crippen molar-refractivity contribution < 1.29 is 9.59 Å². The molecule has 144 valence electrons. The number of aromatic nitrogens is 2. The first kappa shape index (κ1) is 19.8. The molecule has 0 aliphatic heterocycles. The van der Waals surface area contributed by atoms with Crippen LogP contribution in [0.5, 0.6) is 0 Å². The highest BCUT2D eigenvalue weighted by atomic mass is 79.9. The number of amides is 2. The summed E-state index contributed by atoms with van der Waals surface area (Å²) >= 11 is 3.39. The summed E-state index contributed by atoms with van der Waals surface area (Å²) in [4.78, 5) is 26.6. The van der Waals surface area contributed by atoms with Gasteiger partial charge in [0, 0.05) is 17.2 Å². The van der Waals surface area contributed by atoms with E-state index in [2.05, 4.69) is 21.0 Å². The molecule has 0 spiro atoms. The van der Waals surface area contributed by atoms with Gasteiger partial charge in [0.15, 0.2) is 0 Å². The second-order valence-electron chi connectivity index (χ2n) is 6.56. The Labute approximate surface area is 172 Å². The third-order valence-corrected chi connectivity index (χ3v) is 5.14. The number of carbonyl (C=O) groups is 2. The first-order valence-electron chi connectivity index (χ1n) is 8.76. The van der Waals surface area contributed by atoms with Crippen LogP contribution >= 0.6 is 15.9 Å². The second-order valence-corrected chi connectivity index (χ2v) is 7.48. The van der Waals surface area contributed by atoms with E-state index < -0.39 is 11.9 Å². The van der Waals surface area contributed by atoms with Gasteiger partial charge in [-0.2, -0.15) is 5.10 Å². The monoisotopic (exact) mass is 440 g/mol. The molecule has 0 bridgehead atoms. The number of benzene rings is 2. The minimum absolute atomic E-state index is 0.305.